The maximum Gasteiger partial charge on any atom is 0.264 e. The Kier molecular flexibility index (Phi) is 5.00. The largest absolute Gasteiger partial charge is 0.484 e. The number of halogens is 1. The second kappa shape index (κ2) is 6.74. The van der Waals surface area contributed by atoms with E-state index in [-0.39, 0.29) is 12.5 Å². The topological polar surface area (TPSA) is 29.5 Å². The molecule has 1 amide bonds. The van der Waals surface area contributed by atoms with Crippen LogP contribution in [0, 0.1) is 10.5 Å². The highest BCUT2D eigenvalue weighted by Gasteiger charge is 2.11. The average Bonchev–Trinajstić information content (AvgIpc) is 2.46. The lowest BCUT2D eigenvalue weighted by atomic mass is 10.2. The second-order valence-corrected chi connectivity index (χ2v) is 5.78. The van der Waals surface area contributed by atoms with Crippen LogP contribution in [0.3, 0.4) is 0 Å². The number of ether oxygens (including phenoxy) is 1. The predicted octanol–water partition coefficient (Wildman–Crippen LogP) is 3.64. The van der Waals surface area contributed by atoms with E-state index >= 15 is 0 Å². The summed E-state index contributed by atoms with van der Waals surface area (Å²) in [7, 11) is 1.75. The van der Waals surface area contributed by atoms with Gasteiger partial charge in [-0.05, 0) is 65.9 Å². The van der Waals surface area contributed by atoms with Crippen molar-refractivity contribution in [3.05, 3.63) is 57.7 Å². The van der Waals surface area contributed by atoms with Crippen LogP contribution in [0.25, 0.3) is 0 Å². The Labute approximate surface area is 132 Å². The lowest BCUT2D eigenvalue weighted by Gasteiger charge is -2.17. The third-order valence-corrected chi connectivity index (χ3v) is 3.69. The van der Waals surface area contributed by atoms with Gasteiger partial charge in [0.25, 0.3) is 5.91 Å². The number of amides is 1. The smallest absolute Gasteiger partial charge is 0.264 e. The molecule has 0 aliphatic heterocycles. The molecule has 104 valence electrons. The van der Waals surface area contributed by atoms with Crippen LogP contribution in [0.2, 0.25) is 0 Å². The van der Waals surface area contributed by atoms with Gasteiger partial charge in [-0.3, -0.25) is 4.79 Å². The molecule has 0 N–H and O–H groups in total. The molecule has 2 aromatic carbocycles. The predicted molar refractivity (Wildman–Crippen MR) is 89.2 cm³/mol. The van der Waals surface area contributed by atoms with Crippen LogP contribution in [0.1, 0.15) is 5.56 Å². The number of benzene rings is 2. The molecule has 20 heavy (non-hydrogen) atoms. The standard InChI is InChI=1S/C16H16INO2/c1-12-3-7-14(8-4-12)18(2)16(19)11-20-15-9-5-13(17)6-10-15/h3-10H,11H2,1-2H3. The van der Waals surface area contributed by atoms with Gasteiger partial charge in [-0.25, -0.2) is 0 Å². The number of anilines is 1. The molecule has 0 heterocycles. The molecule has 0 radical (unpaired) electrons. The highest BCUT2D eigenvalue weighted by molar-refractivity contribution is 14.1. The van der Waals surface area contributed by atoms with Crippen molar-refractivity contribution in [2.75, 3.05) is 18.6 Å². The molecule has 0 saturated heterocycles. The molecule has 2 aromatic rings. The van der Waals surface area contributed by atoms with E-state index in [9.17, 15) is 4.79 Å². The minimum Gasteiger partial charge on any atom is -0.484 e. The van der Waals surface area contributed by atoms with Crippen LogP contribution in [0.4, 0.5) is 5.69 Å². The zero-order chi connectivity index (χ0) is 14.5. The zero-order valence-corrected chi connectivity index (χ0v) is 13.6. The quantitative estimate of drug-likeness (QED) is 0.757. The van der Waals surface area contributed by atoms with E-state index in [0.717, 1.165) is 9.26 Å². The molecule has 0 fully saturated rings. The summed E-state index contributed by atoms with van der Waals surface area (Å²) >= 11 is 2.23. The Morgan fingerprint density at radius 3 is 2.30 bits per heavy atom. The van der Waals surface area contributed by atoms with E-state index < -0.39 is 0 Å². The molecular weight excluding hydrogens is 365 g/mol. The van der Waals surface area contributed by atoms with Crippen LogP contribution in [0.15, 0.2) is 48.5 Å². The van der Waals surface area contributed by atoms with Crippen molar-refractivity contribution in [1.82, 2.24) is 0 Å². The summed E-state index contributed by atoms with van der Waals surface area (Å²) in [5.74, 6) is 0.628. The van der Waals surface area contributed by atoms with Crippen LogP contribution in [-0.4, -0.2) is 19.6 Å². The third-order valence-electron chi connectivity index (χ3n) is 2.97. The summed E-state index contributed by atoms with van der Waals surface area (Å²) in [6, 6.07) is 15.4. The highest BCUT2D eigenvalue weighted by atomic mass is 127. The van der Waals surface area contributed by atoms with Gasteiger partial charge in [0.1, 0.15) is 5.75 Å². The molecule has 0 saturated carbocycles. The van der Waals surface area contributed by atoms with E-state index in [1.165, 1.54) is 5.56 Å². The molecule has 0 aromatic heterocycles. The van der Waals surface area contributed by atoms with E-state index in [1.54, 1.807) is 11.9 Å². The fraction of sp³-hybridized carbons (Fsp3) is 0.188. The Balaban J connectivity index is 1.94. The van der Waals surface area contributed by atoms with Crippen LogP contribution < -0.4 is 9.64 Å². The molecule has 0 unspecified atom stereocenters. The number of nitrogens with zero attached hydrogens (tertiary/aromatic N) is 1. The summed E-state index contributed by atoms with van der Waals surface area (Å²) in [6.45, 7) is 2.05. The monoisotopic (exact) mass is 381 g/mol. The van der Waals surface area contributed by atoms with E-state index in [0.29, 0.717) is 5.75 Å². The Morgan fingerprint density at radius 1 is 1.10 bits per heavy atom. The summed E-state index contributed by atoms with van der Waals surface area (Å²) in [5, 5.41) is 0. The number of carbonyl (C=O) groups is 1. The van der Waals surface area contributed by atoms with Crippen molar-refractivity contribution in [3.63, 3.8) is 0 Å². The minimum absolute atomic E-state index is 0.0327. The van der Waals surface area contributed by atoms with Crippen LogP contribution >= 0.6 is 22.6 Å². The number of aryl methyl sites for hydroxylation is 1. The SMILES string of the molecule is Cc1ccc(N(C)C(=O)COc2ccc(I)cc2)cc1. The third kappa shape index (κ3) is 3.96. The van der Waals surface area contributed by atoms with E-state index in [1.807, 2.05) is 55.5 Å². The summed E-state index contributed by atoms with van der Waals surface area (Å²) in [6.07, 6.45) is 0. The summed E-state index contributed by atoms with van der Waals surface area (Å²) in [4.78, 5) is 13.7. The van der Waals surface area contributed by atoms with Crippen molar-refractivity contribution in [2.24, 2.45) is 0 Å². The number of hydrogen-bond donors (Lipinski definition) is 0. The molecule has 3 nitrogen and oxygen atoms in total. The normalized spacial score (nSPS) is 10.2. The van der Waals surface area contributed by atoms with Gasteiger partial charge in [0, 0.05) is 16.3 Å². The number of carbonyl (C=O) groups excluding carboxylic acids is 1. The first kappa shape index (κ1) is 14.8. The van der Waals surface area contributed by atoms with Gasteiger partial charge in [0.15, 0.2) is 6.61 Å². The first-order valence-corrected chi connectivity index (χ1v) is 7.36. The molecule has 2 rings (SSSR count). The van der Waals surface area contributed by atoms with Gasteiger partial charge >= 0.3 is 0 Å². The zero-order valence-electron chi connectivity index (χ0n) is 11.5. The first-order chi connectivity index (χ1) is 9.56. The summed E-state index contributed by atoms with van der Waals surface area (Å²) in [5.41, 5.74) is 2.04. The van der Waals surface area contributed by atoms with Gasteiger partial charge in [-0.1, -0.05) is 17.7 Å². The van der Waals surface area contributed by atoms with E-state index in [2.05, 4.69) is 22.6 Å². The maximum atomic E-state index is 12.1. The molecule has 0 bridgehead atoms. The molecule has 4 heteroatoms. The Bertz CT molecular complexity index is 578. The van der Waals surface area contributed by atoms with Gasteiger partial charge in [-0.2, -0.15) is 0 Å². The first-order valence-electron chi connectivity index (χ1n) is 6.28. The fourth-order valence-corrected chi connectivity index (χ4v) is 2.04. The Hall–Kier alpha value is -1.56. The van der Waals surface area contributed by atoms with Crippen molar-refractivity contribution in [3.8, 4) is 5.75 Å². The lowest BCUT2D eigenvalue weighted by molar-refractivity contribution is -0.120. The number of hydrogen-bond acceptors (Lipinski definition) is 2. The van der Waals surface area contributed by atoms with Crippen LogP contribution in [0.5, 0.6) is 5.75 Å². The average molecular weight is 381 g/mol. The highest BCUT2D eigenvalue weighted by Crippen LogP contribution is 2.16. The molecule has 0 aliphatic carbocycles. The molecule has 0 atom stereocenters. The van der Waals surface area contributed by atoms with Gasteiger partial charge in [-0.15, -0.1) is 0 Å². The number of rotatable bonds is 4. The minimum atomic E-state index is -0.0765. The molecular formula is C16H16INO2. The van der Waals surface area contributed by atoms with E-state index in [4.69, 9.17) is 4.74 Å². The second-order valence-electron chi connectivity index (χ2n) is 4.53. The maximum absolute atomic E-state index is 12.1. The van der Waals surface area contributed by atoms with Crippen molar-refractivity contribution in [1.29, 1.82) is 0 Å². The van der Waals surface area contributed by atoms with Crippen molar-refractivity contribution < 1.29 is 9.53 Å². The number of likely N-dealkylation sites (N-methyl/N-ethyl adjacent to an activating group) is 1. The Morgan fingerprint density at radius 2 is 1.70 bits per heavy atom. The van der Waals surface area contributed by atoms with Crippen LogP contribution in [-0.2, 0) is 4.79 Å². The molecule has 0 aliphatic rings. The molecule has 0 spiro atoms. The lowest BCUT2D eigenvalue weighted by Crippen LogP contribution is -2.31. The van der Waals surface area contributed by atoms with Crippen molar-refractivity contribution in [2.45, 2.75) is 6.92 Å². The van der Waals surface area contributed by atoms with Gasteiger partial charge < -0.3 is 9.64 Å². The summed E-state index contributed by atoms with van der Waals surface area (Å²) < 4.78 is 6.63. The van der Waals surface area contributed by atoms with Crippen molar-refractivity contribution >= 4 is 34.2 Å². The van der Waals surface area contributed by atoms with Gasteiger partial charge in [0.2, 0.25) is 0 Å². The fourth-order valence-electron chi connectivity index (χ4n) is 1.69. The van der Waals surface area contributed by atoms with Gasteiger partial charge in [0.05, 0.1) is 0 Å².